The highest BCUT2D eigenvalue weighted by atomic mass is 79.9. The second kappa shape index (κ2) is 11.1. The van der Waals surface area contributed by atoms with Gasteiger partial charge < -0.3 is 10.2 Å². The number of piperidine rings is 1. The third-order valence-corrected chi connectivity index (χ3v) is 7.24. The van der Waals surface area contributed by atoms with Crippen LogP contribution in [0.25, 0.3) is 0 Å². The number of halogens is 3. The summed E-state index contributed by atoms with van der Waals surface area (Å²) < 4.78 is 30.5. The van der Waals surface area contributed by atoms with Gasteiger partial charge in [-0.15, -0.1) is 0 Å². The van der Waals surface area contributed by atoms with Crippen molar-refractivity contribution in [1.29, 1.82) is 0 Å². The second-order valence-corrected chi connectivity index (χ2v) is 9.61. The summed E-state index contributed by atoms with van der Waals surface area (Å²) in [5.74, 6) is -1.21. The van der Waals surface area contributed by atoms with Gasteiger partial charge in [0.05, 0.1) is 23.5 Å². The minimum absolute atomic E-state index is 0.0826. The first-order chi connectivity index (χ1) is 16.8. The number of carbonyl (C=O) groups excluding carboxylic acids is 2. The van der Waals surface area contributed by atoms with Crippen LogP contribution in [0.3, 0.4) is 0 Å². The number of carbonyl (C=O) groups is 2. The molecule has 0 unspecified atom stereocenters. The molecule has 2 aromatic carbocycles. The number of amides is 2. The molecular formula is C26H27BrF2N4O2. The molecule has 184 valence electrons. The van der Waals surface area contributed by atoms with Crippen LogP contribution in [-0.2, 0) is 11.2 Å². The fraction of sp³-hybridized carbons (Fsp3) is 0.346. The summed E-state index contributed by atoms with van der Waals surface area (Å²) in [4.78, 5) is 26.9. The second-order valence-electron chi connectivity index (χ2n) is 8.75. The van der Waals surface area contributed by atoms with E-state index in [-0.39, 0.29) is 35.7 Å². The summed E-state index contributed by atoms with van der Waals surface area (Å²) in [7, 11) is 0. The fourth-order valence-electron chi connectivity index (χ4n) is 4.37. The predicted octanol–water partition coefficient (Wildman–Crippen LogP) is 5.67. The molecular weight excluding hydrogens is 518 g/mol. The molecule has 2 amide bonds. The predicted molar refractivity (Wildman–Crippen MR) is 133 cm³/mol. The molecule has 1 aliphatic rings. The minimum Gasteiger partial charge on any atom is -0.338 e. The number of aryl methyl sites for hydroxylation is 1. The molecule has 1 aliphatic heterocycles. The Morgan fingerprint density at radius 3 is 2.60 bits per heavy atom. The zero-order valence-corrected chi connectivity index (χ0v) is 21.0. The molecule has 1 saturated heterocycles. The van der Waals surface area contributed by atoms with Crippen molar-refractivity contribution in [2.24, 2.45) is 0 Å². The molecule has 0 radical (unpaired) electrons. The Morgan fingerprint density at radius 2 is 1.86 bits per heavy atom. The van der Waals surface area contributed by atoms with Crippen LogP contribution in [0.1, 0.15) is 53.2 Å². The minimum atomic E-state index is -0.515. The lowest BCUT2D eigenvalue weighted by molar-refractivity contribution is -0.116. The lowest BCUT2D eigenvalue weighted by Gasteiger charge is -2.32. The largest absolute Gasteiger partial charge is 0.338 e. The molecule has 0 spiro atoms. The highest BCUT2D eigenvalue weighted by molar-refractivity contribution is 9.10. The normalized spacial score (nSPS) is 14.2. The molecule has 4 rings (SSSR count). The summed E-state index contributed by atoms with van der Waals surface area (Å²) in [6.07, 6.45) is 6.08. The number of benzene rings is 2. The number of rotatable bonds is 7. The first-order valence-electron chi connectivity index (χ1n) is 11.6. The van der Waals surface area contributed by atoms with E-state index in [1.54, 1.807) is 48.5 Å². The molecule has 1 aromatic heterocycles. The van der Waals surface area contributed by atoms with Crippen molar-refractivity contribution in [2.45, 2.75) is 45.1 Å². The smallest absolute Gasteiger partial charge is 0.257 e. The molecule has 9 heteroatoms. The van der Waals surface area contributed by atoms with Crippen LogP contribution in [0, 0.1) is 18.6 Å². The maximum absolute atomic E-state index is 14.3. The molecule has 1 N–H and O–H groups in total. The van der Waals surface area contributed by atoms with E-state index in [4.69, 9.17) is 0 Å². The van der Waals surface area contributed by atoms with Gasteiger partial charge in [-0.2, -0.15) is 5.10 Å². The van der Waals surface area contributed by atoms with Gasteiger partial charge in [0.2, 0.25) is 5.91 Å². The molecule has 2 heterocycles. The number of aromatic nitrogens is 2. The third-order valence-electron chi connectivity index (χ3n) is 6.38. The number of hydrogen-bond donors (Lipinski definition) is 1. The Balaban J connectivity index is 1.27. The van der Waals surface area contributed by atoms with Crippen LogP contribution in [0.5, 0.6) is 0 Å². The molecule has 0 saturated carbocycles. The van der Waals surface area contributed by atoms with Gasteiger partial charge >= 0.3 is 0 Å². The summed E-state index contributed by atoms with van der Waals surface area (Å²) in [5.41, 5.74) is 1.91. The molecule has 6 nitrogen and oxygen atoms in total. The molecule has 0 aliphatic carbocycles. The van der Waals surface area contributed by atoms with Gasteiger partial charge in [-0.3, -0.25) is 14.3 Å². The lowest BCUT2D eigenvalue weighted by atomic mass is 10.0. The average Bonchev–Trinajstić information content (AvgIpc) is 3.31. The first kappa shape index (κ1) is 25.0. The van der Waals surface area contributed by atoms with Gasteiger partial charge in [0.15, 0.2) is 0 Å². The van der Waals surface area contributed by atoms with Crippen LogP contribution in [0.2, 0.25) is 0 Å². The van der Waals surface area contributed by atoms with Crippen molar-refractivity contribution in [1.82, 2.24) is 14.7 Å². The van der Waals surface area contributed by atoms with Crippen molar-refractivity contribution in [3.63, 3.8) is 0 Å². The number of likely N-dealkylation sites (tertiary alicyclic amines) is 1. The quantitative estimate of drug-likeness (QED) is 0.416. The maximum atomic E-state index is 14.3. The van der Waals surface area contributed by atoms with Gasteiger partial charge in [-0.1, -0.05) is 34.1 Å². The fourth-order valence-corrected chi connectivity index (χ4v) is 4.70. The van der Waals surface area contributed by atoms with Crippen LogP contribution in [0.4, 0.5) is 14.5 Å². The Labute approximate surface area is 211 Å². The first-order valence-corrected chi connectivity index (χ1v) is 12.4. The van der Waals surface area contributed by atoms with Crippen molar-refractivity contribution >= 4 is 33.4 Å². The van der Waals surface area contributed by atoms with Crippen molar-refractivity contribution in [2.75, 3.05) is 18.4 Å². The van der Waals surface area contributed by atoms with Crippen LogP contribution in [0.15, 0.2) is 53.3 Å². The molecule has 1 fully saturated rings. The van der Waals surface area contributed by atoms with Crippen molar-refractivity contribution in [3.05, 3.63) is 81.6 Å². The number of anilines is 1. The highest BCUT2D eigenvalue weighted by Crippen LogP contribution is 2.28. The van der Waals surface area contributed by atoms with Gasteiger partial charge in [-0.05, 0) is 61.9 Å². The zero-order chi connectivity index (χ0) is 24.9. The van der Waals surface area contributed by atoms with Gasteiger partial charge in [0.1, 0.15) is 11.6 Å². The Kier molecular flexibility index (Phi) is 7.95. The number of hydrogen-bond acceptors (Lipinski definition) is 3. The Morgan fingerprint density at radius 1 is 1.11 bits per heavy atom. The van der Waals surface area contributed by atoms with E-state index in [2.05, 4.69) is 26.3 Å². The van der Waals surface area contributed by atoms with Gasteiger partial charge in [0.25, 0.3) is 5.91 Å². The monoisotopic (exact) mass is 544 g/mol. The molecule has 3 aromatic rings. The number of nitrogens with zero attached hydrogens (tertiary/aromatic N) is 3. The van der Waals surface area contributed by atoms with Crippen molar-refractivity contribution < 1.29 is 18.4 Å². The third kappa shape index (κ3) is 5.96. The van der Waals surface area contributed by atoms with Crippen LogP contribution < -0.4 is 5.32 Å². The van der Waals surface area contributed by atoms with Gasteiger partial charge in [0, 0.05) is 30.2 Å². The number of nitrogens with one attached hydrogen (secondary N) is 1. The molecule has 35 heavy (non-hydrogen) atoms. The van der Waals surface area contributed by atoms with E-state index < -0.39 is 5.82 Å². The summed E-state index contributed by atoms with van der Waals surface area (Å²) in [6, 6.07) is 9.57. The van der Waals surface area contributed by atoms with Crippen LogP contribution >= 0.6 is 15.9 Å². The zero-order valence-electron chi connectivity index (χ0n) is 19.4. The summed E-state index contributed by atoms with van der Waals surface area (Å²) >= 11 is 3.37. The van der Waals surface area contributed by atoms with Crippen molar-refractivity contribution in [3.8, 4) is 0 Å². The summed E-state index contributed by atoms with van der Waals surface area (Å²) in [6.45, 7) is 2.71. The average molecular weight is 545 g/mol. The SMILES string of the molecule is Cc1c(Br)ccc(F)c1C(=O)N1CCC(n2cc(NC(=O)CCCc3ccccc3F)cn2)CC1. The topological polar surface area (TPSA) is 67.2 Å². The van der Waals surface area contributed by atoms with Crippen LogP contribution in [-0.4, -0.2) is 39.6 Å². The Hall–Kier alpha value is -3.07. The lowest BCUT2D eigenvalue weighted by Crippen LogP contribution is -2.39. The van der Waals surface area contributed by atoms with E-state index in [1.807, 2.05) is 4.68 Å². The molecule has 0 atom stereocenters. The Bertz CT molecular complexity index is 1220. The van der Waals surface area contributed by atoms with E-state index in [0.717, 1.165) is 0 Å². The summed E-state index contributed by atoms with van der Waals surface area (Å²) in [5, 5.41) is 7.22. The van der Waals surface area contributed by atoms with E-state index in [0.29, 0.717) is 60.1 Å². The maximum Gasteiger partial charge on any atom is 0.257 e. The van der Waals surface area contributed by atoms with E-state index in [1.165, 1.54) is 12.1 Å². The highest BCUT2D eigenvalue weighted by Gasteiger charge is 2.28. The van der Waals surface area contributed by atoms with E-state index in [9.17, 15) is 18.4 Å². The van der Waals surface area contributed by atoms with Gasteiger partial charge in [-0.25, -0.2) is 8.78 Å². The van der Waals surface area contributed by atoms with E-state index >= 15 is 0 Å². The standard InChI is InChI=1S/C26H27BrF2N4O2/c1-17-21(27)9-10-23(29)25(17)26(35)32-13-11-20(12-14-32)33-16-19(15-30-33)31-24(34)8-4-6-18-5-2-3-7-22(18)28/h2-3,5,7,9-10,15-16,20H,4,6,8,11-14H2,1H3,(H,31,34). The molecule has 0 bridgehead atoms.